The first-order chi connectivity index (χ1) is 8.13. The van der Waals surface area contributed by atoms with Gasteiger partial charge < -0.3 is 10.6 Å². The van der Waals surface area contributed by atoms with E-state index in [0.29, 0.717) is 6.04 Å². The van der Waals surface area contributed by atoms with Crippen molar-refractivity contribution in [2.45, 2.75) is 19.4 Å². The van der Waals surface area contributed by atoms with E-state index in [-0.39, 0.29) is 0 Å². The van der Waals surface area contributed by atoms with Crippen molar-refractivity contribution in [1.82, 2.24) is 9.88 Å². The predicted octanol–water partition coefficient (Wildman–Crippen LogP) is 1.96. The molecule has 1 fully saturated rings. The molecule has 1 saturated heterocycles. The molecule has 1 unspecified atom stereocenters. The monoisotopic (exact) mass is 298 g/mol. The topological polar surface area (TPSA) is 45.4 Å². The van der Waals surface area contributed by atoms with Gasteiger partial charge in [0.2, 0.25) is 0 Å². The van der Waals surface area contributed by atoms with Crippen LogP contribution in [0.1, 0.15) is 13.3 Å². The molecule has 1 aromatic heterocycles. The first kappa shape index (κ1) is 12.6. The Morgan fingerprint density at radius 3 is 2.88 bits per heavy atom. The lowest BCUT2D eigenvalue weighted by molar-refractivity contribution is 0.213. The molecule has 0 amide bonds. The lowest BCUT2D eigenvalue weighted by atomic mass is 10.1. The minimum atomic E-state index is 0.600. The van der Waals surface area contributed by atoms with Gasteiger partial charge in [-0.2, -0.15) is 0 Å². The van der Waals surface area contributed by atoms with Crippen molar-refractivity contribution in [3.05, 3.63) is 16.9 Å². The Morgan fingerprint density at radius 2 is 2.24 bits per heavy atom. The first-order valence-electron chi connectivity index (χ1n) is 5.97. The van der Waals surface area contributed by atoms with Crippen molar-refractivity contribution in [1.29, 1.82) is 0 Å². The summed E-state index contributed by atoms with van der Waals surface area (Å²) in [4.78, 5) is 8.86. The molecular weight excluding hydrogens is 280 g/mol. The highest BCUT2D eigenvalue weighted by molar-refractivity contribution is 9.10. The van der Waals surface area contributed by atoms with Gasteiger partial charge in [0.05, 0.1) is 22.0 Å². The molecule has 17 heavy (non-hydrogen) atoms. The first-order valence-corrected chi connectivity index (χ1v) is 6.77. The van der Waals surface area contributed by atoms with E-state index >= 15 is 0 Å². The minimum Gasteiger partial charge on any atom is -0.396 e. The standard InChI is InChI=1S/C12H19BrN4/c1-3-9-8-17(5-4-16(9)2)12-10(13)6-15-7-11(12)14/h6-7,9H,3-5,8,14H2,1-2H3. The minimum absolute atomic E-state index is 0.600. The van der Waals surface area contributed by atoms with Gasteiger partial charge in [-0.15, -0.1) is 0 Å². The summed E-state index contributed by atoms with van der Waals surface area (Å²) >= 11 is 3.54. The highest BCUT2D eigenvalue weighted by Gasteiger charge is 2.25. The van der Waals surface area contributed by atoms with E-state index in [9.17, 15) is 0 Å². The average molecular weight is 299 g/mol. The zero-order valence-electron chi connectivity index (χ0n) is 10.4. The molecule has 2 N–H and O–H groups in total. The summed E-state index contributed by atoms with van der Waals surface area (Å²) in [6.07, 6.45) is 4.69. The Kier molecular flexibility index (Phi) is 3.89. The molecule has 1 atom stereocenters. The molecule has 0 saturated carbocycles. The van der Waals surface area contributed by atoms with Crippen molar-refractivity contribution in [3.63, 3.8) is 0 Å². The Hall–Kier alpha value is -0.810. The van der Waals surface area contributed by atoms with Gasteiger partial charge in [-0.25, -0.2) is 0 Å². The largest absolute Gasteiger partial charge is 0.396 e. The van der Waals surface area contributed by atoms with Gasteiger partial charge in [0.25, 0.3) is 0 Å². The van der Waals surface area contributed by atoms with Crippen LogP contribution in [0.3, 0.4) is 0 Å². The molecule has 5 heteroatoms. The van der Waals surface area contributed by atoms with Crippen LogP contribution in [0.25, 0.3) is 0 Å². The average Bonchev–Trinajstić information content (AvgIpc) is 2.31. The fourth-order valence-electron chi connectivity index (χ4n) is 2.37. The number of anilines is 2. The number of nitrogens with two attached hydrogens (primary N) is 1. The van der Waals surface area contributed by atoms with E-state index in [4.69, 9.17) is 5.73 Å². The number of aromatic nitrogens is 1. The van der Waals surface area contributed by atoms with Gasteiger partial charge >= 0.3 is 0 Å². The van der Waals surface area contributed by atoms with Crippen LogP contribution in [-0.2, 0) is 0 Å². The van der Waals surface area contributed by atoms with Crippen LogP contribution in [-0.4, -0.2) is 42.6 Å². The third kappa shape index (κ3) is 2.55. The van der Waals surface area contributed by atoms with Gasteiger partial charge in [0.1, 0.15) is 0 Å². The summed E-state index contributed by atoms with van der Waals surface area (Å²) in [5.41, 5.74) is 7.86. The van der Waals surface area contributed by atoms with Gasteiger partial charge in [-0.1, -0.05) is 6.92 Å². The zero-order valence-corrected chi connectivity index (χ0v) is 11.9. The maximum atomic E-state index is 6.03. The van der Waals surface area contributed by atoms with Crippen LogP contribution in [0.5, 0.6) is 0 Å². The normalized spacial score (nSPS) is 21.8. The number of hydrogen-bond acceptors (Lipinski definition) is 4. The molecule has 2 heterocycles. The number of pyridine rings is 1. The molecule has 0 radical (unpaired) electrons. The van der Waals surface area contributed by atoms with Crippen LogP contribution < -0.4 is 10.6 Å². The fraction of sp³-hybridized carbons (Fsp3) is 0.583. The van der Waals surface area contributed by atoms with Crippen LogP contribution >= 0.6 is 15.9 Å². The summed E-state index contributed by atoms with van der Waals surface area (Å²) in [6, 6.07) is 0.600. The third-order valence-electron chi connectivity index (χ3n) is 3.47. The number of nitrogen functional groups attached to an aromatic ring is 1. The van der Waals surface area contributed by atoms with Gasteiger partial charge in [-0.05, 0) is 29.4 Å². The van der Waals surface area contributed by atoms with Crippen molar-refractivity contribution < 1.29 is 0 Å². The Balaban J connectivity index is 2.23. The van der Waals surface area contributed by atoms with E-state index in [1.807, 2.05) is 6.20 Å². The SMILES string of the molecule is CCC1CN(c2c(N)cncc2Br)CCN1C. The summed E-state index contributed by atoms with van der Waals surface area (Å²) in [5.74, 6) is 0. The van der Waals surface area contributed by atoms with E-state index in [0.717, 1.165) is 41.9 Å². The Morgan fingerprint density at radius 1 is 1.47 bits per heavy atom. The molecule has 4 nitrogen and oxygen atoms in total. The quantitative estimate of drug-likeness (QED) is 0.907. The lowest BCUT2D eigenvalue weighted by Gasteiger charge is -2.41. The molecule has 2 rings (SSSR count). The number of piperazine rings is 1. The number of hydrogen-bond donors (Lipinski definition) is 1. The van der Waals surface area contributed by atoms with E-state index < -0.39 is 0 Å². The van der Waals surface area contributed by atoms with Crippen molar-refractivity contribution in [2.24, 2.45) is 0 Å². The second-order valence-corrected chi connectivity index (χ2v) is 5.40. The van der Waals surface area contributed by atoms with E-state index in [1.165, 1.54) is 0 Å². The zero-order chi connectivity index (χ0) is 12.4. The molecule has 0 aliphatic carbocycles. The number of likely N-dealkylation sites (N-methyl/N-ethyl adjacent to an activating group) is 1. The Bertz CT molecular complexity index is 376. The molecule has 94 valence electrons. The van der Waals surface area contributed by atoms with Crippen molar-refractivity contribution in [3.8, 4) is 0 Å². The molecular formula is C12H19BrN4. The Labute approximate surface area is 111 Å². The third-order valence-corrected chi connectivity index (χ3v) is 4.05. The number of halogens is 1. The van der Waals surface area contributed by atoms with E-state index in [1.54, 1.807) is 6.20 Å². The molecule has 1 aliphatic heterocycles. The maximum Gasteiger partial charge on any atom is 0.0777 e. The highest BCUT2D eigenvalue weighted by atomic mass is 79.9. The van der Waals surface area contributed by atoms with Crippen LogP contribution in [0, 0.1) is 0 Å². The molecule has 0 spiro atoms. The smallest absolute Gasteiger partial charge is 0.0777 e. The molecule has 1 aromatic rings. The lowest BCUT2D eigenvalue weighted by Crippen LogP contribution is -2.51. The highest BCUT2D eigenvalue weighted by Crippen LogP contribution is 2.32. The molecule has 0 aromatic carbocycles. The second-order valence-electron chi connectivity index (χ2n) is 4.55. The maximum absolute atomic E-state index is 6.03. The van der Waals surface area contributed by atoms with Crippen molar-refractivity contribution >= 4 is 27.3 Å². The van der Waals surface area contributed by atoms with Gasteiger partial charge in [0.15, 0.2) is 0 Å². The van der Waals surface area contributed by atoms with Gasteiger partial charge in [-0.3, -0.25) is 9.88 Å². The summed E-state index contributed by atoms with van der Waals surface area (Å²) in [5, 5.41) is 0. The summed E-state index contributed by atoms with van der Waals surface area (Å²) in [6.45, 7) is 5.35. The fourth-order valence-corrected chi connectivity index (χ4v) is 2.96. The summed E-state index contributed by atoms with van der Waals surface area (Å²) in [7, 11) is 2.19. The molecule has 0 bridgehead atoms. The van der Waals surface area contributed by atoms with E-state index in [2.05, 4.69) is 44.7 Å². The van der Waals surface area contributed by atoms with Gasteiger partial charge in [0, 0.05) is 31.9 Å². The number of rotatable bonds is 2. The van der Waals surface area contributed by atoms with Crippen LogP contribution in [0.2, 0.25) is 0 Å². The number of nitrogens with zero attached hydrogens (tertiary/aromatic N) is 3. The second kappa shape index (κ2) is 5.23. The molecule has 1 aliphatic rings. The van der Waals surface area contributed by atoms with Crippen LogP contribution in [0.15, 0.2) is 16.9 Å². The van der Waals surface area contributed by atoms with Crippen LogP contribution in [0.4, 0.5) is 11.4 Å². The predicted molar refractivity (Wildman–Crippen MR) is 75.3 cm³/mol. The summed E-state index contributed by atoms with van der Waals surface area (Å²) < 4.78 is 0.983. The van der Waals surface area contributed by atoms with Crippen molar-refractivity contribution in [2.75, 3.05) is 37.3 Å².